The van der Waals surface area contributed by atoms with Crippen molar-refractivity contribution in [2.45, 2.75) is 26.3 Å². The third kappa shape index (κ3) is 4.10. The van der Waals surface area contributed by atoms with Crippen LogP contribution >= 0.6 is 23.2 Å². The molecule has 0 radical (unpaired) electrons. The molecule has 0 aliphatic carbocycles. The van der Waals surface area contributed by atoms with Crippen LogP contribution < -0.4 is 0 Å². The number of benzene rings is 2. The summed E-state index contributed by atoms with van der Waals surface area (Å²) in [7, 11) is 0. The van der Waals surface area contributed by atoms with E-state index in [9.17, 15) is 0 Å². The highest BCUT2D eigenvalue weighted by Crippen LogP contribution is 2.23. The second-order valence-corrected chi connectivity index (χ2v) is 6.54. The summed E-state index contributed by atoms with van der Waals surface area (Å²) in [6.07, 6.45) is 1.71. The lowest BCUT2D eigenvalue weighted by molar-refractivity contribution is 0.141. The predicted octanol–water partition coefficient (Wildman–Crippen LogP) is 5.36. The third-order valence-electron chi connectivity index (χ3n) is 3.94. The molecule has 2 aromatic carbocycles. The smallest absolute Gasteiger partial charge is 0.114 e. The van der Waals surface area contributed by atoms with E-state index in [4.69, 9.17) is 32.9 Å². The lowest BCUT2D eigenvalue weighted by Gasteiger charge is -2.10. The first-order chi connectivity index (χ1) is 11.7. The maximum atomic E-state index is 6.18. The Morgan fingerprint density at radius 3 is 2.54 bits per heavy atom. The van der Waals surface area contributed by atoms with Crippen molar-refractivity contribution in [3.8, 4) is 0 Å². The molecule has 0 atom stereocenters. The molecular formula is C19H20Cl2N2O. The number of nitrogens with zero attached hydrogens (tertiary/aromatic N) is 2. The lowest BCUT2D eigenvalue weighted by atomic mass is 10.1. The maximum absolute atomic E-state index is 6.18. The van der Waals surface area contributed by atoms with Crippen LogP contribution in [0.2, 0.25) is 10.0 Å². The Balaban J connectivity index is 1.90. The quantitative estimate of drug-likeness (QED) is 0.529. The van der Waals surface area contributed by atoms with Crippen LogP contribution in [-0.4, -0.2) is 22.8 Å². The Hall–Kier alpha value is -1.55. The van der Waals surface area contributed by atoms with Gasteiger partial charge in [-0.15, -0.1) is 0 Å². The molecule has 24 heavy (non-hydrogen) atoms. The van der Waals surface area contributed by atoms with Crippen molar-refractivity contribution in [2.75, 3.05) is 13.2 Å². The number of imidazole rings is 1. The van der Waals surface area contributed by atoms with E-state index in [0.29, 0.717) is 0 Å². The van der Waals surface area contributed by atoms with Gasteiger partial charge in [0.1, 0.15) is 5.82 Å². The Morgan fingerprint density at radius 1 is 1.04 bits per heavy atom. The van der Waals surface area contributed by atoms with Gasteiger partial charge in [0, 0.05) is 36.2 Å². The monoisotopic (exact) mass is 362 g/mol. The van der Waals surface area contributed by atoms with E-state index in [0.717, 1.165) is 59.5 Å². The summed E-state index contributed by atoms with van der Waals surface area (Å²) in [6, 6.07) is 13.7. The largest absolute Gasteiger partial charge is 0.382 e. The molecule has 0 aliphatic heterocycles. The summed E-state index contributed by atoms with van der Waals surface area (Å²) >= 11 is 12.2. The first-order valence-electron chi connectivity index (χ1n) is 8.14. The number of halogens is 2. The van der Waals surface area contributed by atoms with Crippen LogP contribution in [0.5, 0.6) is 0 Å². The van der Waals surface area contributed by atoms with E-state index in [1.165, 1.54) is 5.56 Å². The van der Waals surface area contributed by atoms with Gasteiger partial charge in [-0.05, 0) is 49.2 Å². The van der Waals surface area contributed by atoms with Gasteiger partial charge >= 0.3 is 0 Å². The molecule has 0 aliphatic rings. The van der Waals surface area contributed by atoms with Crippen LogP contribution in [0.1, 0.15) is 24.7 Å². The van der Waals surface area contributed by atoms with Crippen molar-refractivity contribution in [1.29, 1.82) is 0 Å². The Morgan fingerprint density at radius 2 is 1.79 bits per heavy atom. The van der Waals surface area contributed by atoms with Gasteiger partial charge in [-0.3, -0.25) is 0 Å². The number of hydrogen-bond donors (Lipinski definition) is 0. The van der Waals surface area contributed by atoms with Gasteiger partial charge in [-0.1, -0.05) is 35.3 Å². The molecule has 0 amide bonds. The summed E-state index contributed by atoms with van der Waals surface area (Å²) in [6.45, 7) is 4.36. The highest BCUT2D eigenvalue weighted by molar-refractivity contribution is 6.31. The fourth-order valence-corrected chi connectivity index (χ4v) is 3.08. The Labute approximate surface area is 152 Å². The first-order valence-corrected chi connectivity index (χ1v) is 8.90. The predicted molar refractivity (Wildman–Crippen MR) is 100 cm³/mol. The van der Waals surface area contributed by atoms with E-state index in [1.54, 1.807) is 0 Å². The van der Waals surface area contributed by atoms with Crippen LogP contribution in [0.3, 0.4) is 0 Å². The van der Waals surface area contributed by atoms with Gasteiger partial charge in [0.05, 0.1) is 11.0 Å². The van der Waals surface area contributed by atoms with Crippen molar-refractivity contribution in [3.63, 3.8) is 0 Å². The Bertz CT molecular complexity index is 812. The molecule has 0 unspecified atom stereocenters. The molecule has 0 N–H and O–H groups in total. The van der Waals surface area contributed by atoms with Gasteiger partial charge in [-0.25, -0.2) is 4.98 Å². The van der Waals surface area contributed by atoms with Crippen molar-refractivity contribution in [1.82, 2.24) is 9.55 Å². The number of rotatable bonds is 7. The molecule has 126 valence electrons. The fraction of sp³-hybridized carbons (Fsp3) is 0.316. The van der Waals surface area contributed by atoms with Crippen molar-refractivity contribution in [3.05, 3.63) is 63.9 Å². The zero-order valence-corrected chi connectivity index (χ0v) is 15.1. The third-order valence-corrected chi connectivity index (χ3v) is 4.43. The molecule has 0 saturated carbocycles. The van der Waals surface area contributed by atoms with Crippen molar-refractivity contribution in [2.24, 2.45) is 0 Å². The van der Waals surface area contributed by atoms with Crippen LogP contribution in [0.25, 0.3) is 11.0 Å². The number of aromatic nitrogens is 2. The number of hydrogen-bond acceptors (Lipinski definition) is 2. The molecule has 0 saturated heterocycles. The SMILES string of the molecule is CCOCCCn1c(Cc2ccc(Cl)cc2)nc2ccc(Cl)cc21. The second kappa shape index (κ2) is 8.02. The zero-order chi connectivity index (χ0) is 16.9. The van der Waals surface area contributed by atoms with E-state index in [2.05, 4.69) is 4.57 Å². The molecular weight excluding hydrogens is 343 g/mol. The number of aryl methyl sites for hydroxylation is 1. The lowest BCUT2D eigenvalue weighted by Crippen LogP contribution is -2.07. The fourth-order valence-electron chi connectivity index (χ4n) is 2.78. The molecule has 3 rings (SSSR count). The molecule has 1 heterocycles. The van der Waals surface area contributed by atoms with E-state index in [1.807, 2.05) is 49.4 Å². The van der Waals surface area contributed by atoms with Crippen molar-refractivity contribution < 1.29 is 4.74 Å². The van der Waals surface area contributed by atoms with E-state index < -0.39 is 0 Å². The van der Waals surface area contributed by atoms with Gasteiger partial charge in [0.15, 0.2) is 0 Å². The summed E-state index contributed by atoms with van der Waals surface area (Å²) in [4.78, 5) is 4.80. The first kappa shape index (κ1) is 17.3. The van der Waals surface area contributed by atoms with Gasteiger partial charge in [0.2, 0.25) is 0 Å². The Kier molecular flexibility index (Phi) is 5.77. The minimum Gasteiger partial charge on any atom is -0.382 e. The van der Waals surface area contributed by atoms with Crippen LogP contribution in [0, 0.1) is 0 Å². The highest BCUT2D eigenvalue weighted by Gasteiger charge is 2.12. The van der Waals surface area contributed by atoms with Crippen LogP contribution in [0.15, 0.2) is 42.5 Å². The molecule has 3 aromatic rings. The summed E-state index contributed by atoms with van der Waals surface area (Å²) in [5.41, 5.74) is 3.23. The maximum Gasteiger partial charge on any atom is 0.114 e. The van der Waals surface area contributed by atoms with E-state index >= 15 is 0 Å². The number of ether oxygens (including phenoxy) is 1. The van der Waals surface area contributed by atoms with Gasteiger partial charge in [0.25, 0.3) is 0 Å². The zero-order valence-electron chi connectivity index (χ0n) is 13.6. The molecule has 5 heteroatoms. The second-order valence-electron chi connectivity index (χ2n) is 5.67. The molecule has 3 nitrogen and oxygen atoms in total. The molecule has 0 spiro atoms. The minimum atomic E-state index is 0.728. The highest BCUT2D eigenvalue weighted by atomic mass is 35.5. The van der Waals surface area contributed by atoms with Crippen LogP contribution in [-0.2, 0) is 17.7 Å². The van der Waals surface area contributed by atoms with E-state index in [-0.39, 0.29) is 0 Å². The minimum absolute atomic E-state index is 0.728. The van der Waals surface area contributed by atoms with Crippen LogP contribution in [0.4, 0.5) is 0 Å². The standard InChI is InChI=1S/C19H20Cl2N2O/c1-2-24-11-3-10-23-18-13-16(21)8-9-17(18)22-19(23)12-14-4-6-15(20)7-5-14/h4-9,13H,2-3,10-12H2,1H3. The normalized spacial score (nSPS) is 11.3. The summed E-state index contributed by atoms with van der Waals surface area (Å²) in [5, 5.41) is 1.47. The topological polar surface area (TPSA) is 27.1 Å². The molecule has 0 bridgehead atoms. The molecule has 0 fully saturated rings. The summed E-state index contributed by atoms with van der Waals surface area (Å²) < 4.78 is 7.71. The van der Waals surface area contributed by atoms with Gasteiger partial charge < -0.3 is 9.30 Å². The average molecular weight is 363 g/mol. The average Bonchev–Trinajstić information content (AvgIpc) is 2.90. The molecule has 1 aromatic heterocycles. The van der Waals surface area contributed by atoms with Gasteiger partial charge in [-0.2, -0.15) is 0 Å². The van der Waals surface area contributed by atoms with Crippen molar-refractivity contribution >= 4 is 34.2 Å². The summed E-state index contributed by atoms with van der Waals surface area (Å²) in [5.74, 6) is 1.03. The number of fused-ring (bicyclic) bond motifs is 1.